The Morgan fingerprint density at radius 2 is 1.77 bits per heavy atom. The molecule has 1 aliphatic rings. The van der Waals surface area contributed by atoms with E-state index in [0.717, 1.165) is 6.04 Å². The van der Waals surface area contributed by atoms with Gasteiger partial charge in [0.15, 0.2) is 0 Å². The van der Waals surface area contributed by atoms with Gasteiger partial charge in [-0.1, -0.05) is 39.0 Å². The molecule has 0 amide bonds. The van der Waals surface area contributed by atoms with Crippen LogP contribution in [0.25, 0.3) is 0 Å². The zero-order chi connectivity index (χ0) is 9.47. The van der Waals surface area contributed by atoms with Crippen LogP contribution in [0.2, 0.25) is 0 Å². The van der Waals surface area contributed by atoms with Crippen molar-refractivity contribution in [2.75, 3.05) is 11.4 Å². The highest BCUT2D eigenvalue weighted by atomic mass is 15.3. The molecule has 1 fully saturated rings. The van der Waals surface area contributed by atoms with Gasteiger partial charge < -0.3 is 4.90 Å². The Kier molecular flexibility index (Phi) is 1.83. The van der Waals surface area contributed by atoms with E-state index < -0.39 is 0 Å². The molecule has 1 heterocycles. The van der Waals surface area contributed by atoms with Crippen molar-refractivity contribution in [2.45, 2.75) is 26.8 Å². The van der Waals surface area contributed by atoms with Gasteiger partial charge in [-0.05, 0) is 17.5 Å². The quantitative estimate of drug-likeness (QED) is 0.593. The Hall–Kier alpha value is -0.980. The van der Waals surface area contributed by atoms with E-state index in [1.54, 1.807) is 0 Å². The number of benzene rings is 1. The molecule has 1 aromatic carbocycles. The molecule has 1 nitrogen and oxygen atoms in total. The smallest absolute Gasteiger partial charge is 0.0514 e. The predicted octanol–water partition coefficient (Wildman–Crippen LogP) is 2.92. The maximum absolute atomic E-state index is 2.46. The van der Waals surface area contributed by atoms with Crippen molar-refractivity contribution in [1.29, 1.82) is 0 Å². The number of rotatable bonds is 1. The van der Waals surface area contributed by atoms with Gasteiger partial charge in [0.05, 0.1) is 6.04 Å². The van der Waals surface area contributed by atoms with Crippen molar-refractivity contribution >= 4 is 5.69 Å². The van der Waals surface area contributed by atoms with Gasteiger partial charge in [-0.2, -0.15) is 0 Å². The lowest BCUT2D eigenvalue weighted by molar-refractivity contribution is 0.412. The highest BCUT2D eigenvalue weighted by Crippen LogP contribution is 2.38. The number of para-hydroxylation sites is 1. The van der Waals surface area contributed by atoms with Crippen molar-refractivity contribution < 1.29 is 0 Å². The lowest BCUT2D eigenvalue weighted by Crippen LogP contribution is -2.18. The van der Waals surface area contributed by atoms with E-state index in [1.165, 1.54) is 12.2 Å². The highest BCUT2D eigenvalue weighted by molar-refractivity contribution is 5.54. The van der Waals surface area contributed by atoms with E-state index in [-0.39, 0.29) is 0 Å². The first-order valence-corrected chi connectivity index (χ1v) is 4.91. The van der Waals surface area contributed by atoms with Gasteiger partial charge in [-0.15, -0.1) is 0 Å². The van der Waals surface area contributed by atoms with E-state index in [9.17, 15) is 0 Å². The summed E-state index contributed by atoms with van der Waals surface area (Å²) in [6, 6.07) is 11.4. The minimum atomic E-state index is 0.413. The average molecular weight is 175 g/mol. The number of hydrogen-bond donors (Lipinski definition) is 0. The summed E-state index contributed by atoms with van der Waals surface area (Å²) in [5, 5.41) is 0. The molecule has 0 spiro atoms. The molecule has 2 rings (SSSR count). The van der Waals surface area contributed by atoms with Crippen molar-refractivity contribution in [1.82, 2.24) is 0 Å². The van der Waals surface area contributed by atoms with Crippen LogP contribution in [0.5, 0.6) is 0 Å². The third-order valence-corrected chi connectivity index (χ3v) is 2.70. The van der Waals surface area contributed by atoms with Gasteiger partial charge in [0, 0.05) is 12.2 Å². The molecule has 0 radical (unpaired) electrons. The van der Waals surface area contributed by atoms with Crippen LogP contribution in [-0.2, 0) is 0 Å². The number of nitrogens with zero attached hydrogens (tertiary/aromatic N) is 1. The lowest BCUT2D eigenvalue weighted by atomic mass is 9.92. The second-order valence-corrected chi connectivity index (χ2v) is 4.87. The maximum Gasteiger partial charge on any atom is 0.0514 e. The fourth-order valence-electron chi connectivity index (χ4n) is 1.79. The molecule has 1 saturated heterocycles. The Bertz CT molecular complexity index is 284. The molecule has 0 N–H and O–H groups in total. The number of hydrogen-bond acceptors (Lipinski definition) is 1. The molecule has 70 valence electrons. The fourth-order valence-corrected chi connectivity index (χ4v) is 1.79. The molecule has 0 aromatic heterocycles. The number of anilines is 1. The monoisotopic (exact) mass is 175 g/mol. The standard InChI is InChI=1S/C12H17N/c1-12(2,3)11-9-13(11)10-7-5-4-6-8-10/h4-8,11H,9H2,1-3H3. The van der Waals surface area contributed by atoms with Gasteiger partial charge in [0.25, 0.3) is 0 Å². The zero-order valence-electron chi connectivity index (χ0n) is 8.62. The third kappa shape index (κ3) is 1.69. The van der Waals surface area contributed by atoms with Gasteiger partial charge >= 0.3 is 0 Å². The van der Waals surface area contributed by atoms with Crippen LogP contribution >= 0.6 is 0 Å². The molecular weight excluding hydrogens is 158 g/mol. The maximum atomic E-state index is 2.46. The van der Waals surface area contributed by atoms with Crippen LogP contribution < -0.4 is 4.90 Å². The molecule has 13 heavy (non-hydrogen) atoms. The zero-order valence-corrected chi connectivity index (χ0v) is 8.62. The summed E-state index contributed by atoms with van der Waals surface area (Å²) in [5.41, 5.74) is 1.78. The van der Waals surface area contributed by atoms with Crippen LogP contribution in [-0.4, -0.2) is 12.6 Å². The average Bonchev–Trinajstić information content (AvgIpc) is 2.83. The van der Waals surface area contributed by atoms with Gasteiger partial charge in [0.2, 0.25) is 0 Å². The SMILES string of the molecule is CC(C)(C)C1CN1c1ccccc1. The summed E-state index contributed by atoms with van der Waals surface area (Å²) in [6.45, 7) is 8.13. The molecule has 1 aromatic rings. The van der Waals surface area contributed by atoms with Crippen LogP contribution in [0.4, 0.5) is 5.69 Å². The normalized spacial score (nSPS) is 21.8. The Morgan fingerprint density at radius 3 is 2.23 bits per heavy atom. The molecule has 0 aliphatic carbocycles. The molecule has 0 saturated carbocycles. The third-order valence-electron chi connectivity index (χ3n) is 2.70. The summed E-state index contributed by atoms with van der Waals surface area (Å²) < 4.78 is 0. The summed E-state index contributed by atoms with van der Waals surface area (Å²) in [6.07, 6.45) is 0. The van der Waals surface area contributed by atoms with Crippen molar-refractivity contribution in [3.8, 4) is 0 Å². The van der Waals surface area contributed by atoms with E-state index >= 15 is 0 Å². The fraction of sp³-hybridized carbons (Fsp3) is 0.500. The minimum Gasteiger partial charge on any atom is -0.364 e. The van der Waals surface area contributed by atoms with Crippen LogP contribution in [0, 0.1) is 5.41 Å². The van der Waals surface area contributed by atoms with Crippen molar-refractivity contribution in [3.63, 3.8) is 0 Å². The lowest BCUT2D eigenvalue weighted by Gasteiger charge is -2.18. The van der Waals surface area contributed by atoms with Gasteiger partial charge in [-0.25, -0.2) is 0 Å². The van der Waals surface area contributed by atoms with Crippen molar-refractivity contribution in [3.05, 3.63) is 30.3 Å². The Morgan fingerprint density at radius 1 is 1.15 bits per heavy atom. The predicted molar refractivity (Wildman–Crippen MR) is 57.0 cm³/mol. The van der Waals surface area contributed by atoms with Crippen molar-refractivity contribution in [2.24, 2.45) is 5.41 Å². The summed E-state index contributed by atoms with van der Waals surface area (Å²) in [5.74, 6) is 0. The van der Waals surface area contributed by atoms with E-state index in [4.69, 9.17) is 0 Å². The van der Waals surface area contributed by atoms with E-state index in [2.05, 4.69) is 56.0 Å². The molecule has 1 aliphatic heterocycles. The first kappa shape index (κ1) is 8.61. The molecule has 1 unspecified atom stereocenters. The summed E-state index contributed by atoms with van der Waals surface area (Å²) in [7, 11) is 0. The van der Waals surface area contributed by atoms with Crippen LogP contribution in [0.1, 0.15) is 20.8 Å². The summed E-state index contributed by atoms with van der Waals surface area (Å²) >= 11 is 0. The second kappa shape index (κ2) is 2.76. The second-order valence-electron chi connectivity index (χ2n) is 4.87. The van der Waals surface area contributed by atoms with E-state index in [1.807, 2.05) is 0 Å². The highest BCUT2D eigenvalue weighted by Gasteiger charge is 2.42. The van der Waals surface area contributed by atoms with E-state index in [0.29, 0.717) is 5.41 Å². The largest absolute Gasteiger partial charge is 0.364 e. The van der Waals surface area contributed by atoms with Gasteiger partial charge in [-0.3, -0.25) is 0 Å². The van der Waals surface area contributed by atoms with Crippen LogP contribution in [0.15, 0.2) is 30.3 Å². The summed E-state index contributed by atoms with van der Waals surface area (Å²) in [4.78, 5) is 2.46. The first-order chi connectivity index (χ1) is 6.09. The molecule has 1 atom stereocenters. The Labute approximate surface area is 80.4 Å². The molecule has 1 heteroatoms. The first-order valence-electron chi connectivity index (χ1n) is 4.91. The Balaban J connectivity index is 2.09. The minimum absolute atomic E-state index is 0.413. The topological polar surface area (TPSA) is 3.01 Å². The van der Waals surface area contributed by atoms with Crippen LogP contribution in [0.3, 0.4) is 0 Å². The van der Waals surface area contributed by atoms with Gasteiger partial charge in [0.1, 0.15) is 0 Å². The molecular formula is C12H17N. The molecule has 0 bridgehead atoms.